The van der Waals surface area contributed by atoms with Gasteiger partial charge >= 0.3 is 6.01 Å². The second kappa shape index (κ2) is 7.14. The molecule has 0 spiro atoms. The molecule has 138 valence electrons. The molecule has 3 aromatic rings. The van der Waals surface area contributed by atoms with Gasteiger partial charge in [0.1, 0.15) is 12.4 Å². The maximum absolute atomic E-state index is 14.0. The summed E-state index contributed by atoms with van der Waals surface area (Å²) in [5, 5.41) is 0. The van der Waals surface area contributed by atoms with Crippen LogP contribution < -0.4 is 4.74 Å². The topological polar surface area (TPSA) is 73.1 Å². The van der Waals surface area contributed by atoms with E-state index in [4.69, 9.17) is 4.74 Å². The van der Waals surface area contributed by atoms with Crippen LogP contribution in [0.25, 0.3) is 0 Å². The Balaban J connectivity index is 1.54. The van der Waals surface area contributed by atoms with Crippen molar-refractivity contribution < 1.29 is 13.9 Å². The van der Waals surface area contributed by atoms with E-state index < -0.39 is 5.82 Å². The number of nitrogens with zero attached hydrogens (tertiary/aromatic N) is 5. The molecule has 0 aliphatic carbocycles. The van der Waals surface area contributed by atoms with E-state index in [1.54, 1.807) is 41.8 Å². The molecule has 0 N–H and O–H groups in total. The Kier molecular flexibility index (Phi) is 4.53. The van der Waals surface area contributed by atoms with Crippen LogP contribution in [-0.4, -0.2) is 43.5 Å². The molecule has 0 saturated heterocycles. The molecule has 1 amide bonds. The number of amides is 1. The Morgan fingerprint density at radius 1 is 1.33 bits per heavy atom. The summed E-state index contributed by atoms with van der Waals surface area (Å²) in [6.45, 7) is 2.87. The molecule has 1 aliphatic heterocycles. The van der Waals surface area contributed by atoms with Crippen molar-refractivity contribution >= 4 is 5.91 Å². The number of halogens is 1. The lowest BCUT2D eigenvalue weighted by Gasteiger charge is -2.34. The van der Waals surface area contributed by atoms with Crippen LogP contribution in [0.4, 0.5) is 4.39 Å². The number of rotatable bonds is 4. The summed E-state index contributed by atoms with van der Waals surface area (Å²) in [4.78, 5) is 26.9. The van der Waals surface area contributed by atoms with Crippen LogP contribution in [0, 0.1) is 12.7 Å². The molecular weight excluding hydrogens is 349 g/mol. The minimum absolute atomic E-state index is 0.0622. The average molecular weight is 367 g/mol. The summed E-state index contributed by atoms with van der Waals surface area (Å²) in [6, 6.07) is 7.91. The van der Waals surface area contributed by atoms with Crippen molar-refractivity contribution in [3.63, 3.8) is 0 Å². The minimum atomic E-state index is -0.525. The first-order chi connectivity index (χ1) is 13.1. The number of hydrogen-bond donors (Lipinski definition) is 0. The quantitative estimate of drug-likeness (QED) is 0.708. The highest BCUT2D eigenvalue weighted by Crippen LogP contribution is 2.24. The Labute approximate surface area is 155 Å². The van der Waals surface area contributed by atoms with Gasteiger partial charge in [-0.05, 0) is 25.1 Å². The van der Waals surface area contributed by atoms with Crippen molar-refractivity contribution in [2.75, 3.05) is 13.2 Å². The largest absolute Gasteiger partial charge is 0.461 e. The first-order valence-corrected chi connectivity index (χ1v) is 8.59. The van der Waals surface area contributed by atoms with Crippen LogP contribution in [0.2, 0.25) is 0 Å². The van der Waals surface area contributed by atoms with Crippen molar-refractivity contribution in [2.24, 2.45) is 0 Å². The van der Waals surface area contributed by atoms with Gasteiger partial charge in [0.15, 0.2) is 0 Å². The number of aryl methyl sites for hydroxylation is 1. The van der Waals surface area contributed by atoms with Gasteiger partial charge in [-0.25, -0.2) is 19.3 Å². The highest BCUT2D eigenvalue weighted by molar-refractivity contribution is 5.94. The molecule has 0 radical (unpaired) electrons. The molecule has 4 rings (SSSR count). The average Bonchev–Trinajstić information content (AvgIpc) is 3.15. The van der Waals surface area contributed by atoms with E-state index in [0.29, 0.717) is 13.1 Å². The predicted octanol–water partition coefficient (Wildman–Crippen LogP) is 2.40. The number of ether oxygens (including phenoxy) is 1. The highest BCUT2D eigenvalue weighted by Gasteiger charge is 2.30. The van der Waals surface area contributed by atoms with Crippen molar-refractivity contribution in [1.82, 2.24) is 24.4 Å². The van der Waals surface area contributed by atoms with E-state index in [1.165, 1.54) is 12.1 Å². The summed E-state index contributed by atoms with van der Waals surface area (Å²) >= 11 is 0. The number of carbonyl (C=O) groups is 1. The van der Waals surface area contributed by atoms with Gasteiger partial charge in [-0.1, -0.05) is 12.1 Å². The smallest absolute Gasteiger partial charge is 0.316 e. The molecule has 3 heterocycles. The van der Waals surface area contributed by atoms with E-state index in [9.17, 15) is 9.18 Å². The van der Waals surface area contributed by atoms with Crippen molar-refractivity contribution in [2.45, 2.75) is 19.5 Å². The van der Waals surface area contributed by atoms with Gasteiger partial charge in [0, 0.05) is 24.6 Å². The standard InChI is InChI=1S/C19H18FN5O2/c1-13-6-7-22-19(23-13)27-11-15-10-24(9-14-8-21-12-25(14)15)18(26)16-4-2-3-5-17(16)20/h2-8,12,15H,9-11H2,1H3/t15-/m0/s1. The van der Waals surface area contributed by atoms with Crippen molar-refractivity contribution in [3.05, 3.63) is 71.8 Å². The van der Waals surface area contributed by atoms with Crippen molar-refractivity contribution in [1.29, 1.82) is 0 Å². The third-order valence-corrected chi connectivity index (χ3v) is 4.49. The third kappa shape index (κ3) is 3.51. The molecule has 7 nitrogen and oxygen atoms in total. The molecule has 27 heavy (non-hydrogen) atoms. The fraction of sp³-hybridized carbons (Fsp3) is 0.263. The lowest BCUT2D eigenvalue weighted by molar-refractivity contribution is 0.0639. The van der Waals surface area contributed by atoms with Gasteiger partial charge in [0.2, 0.25) is 0 Å². The first-order valence-electron chi connectivity index (χ1n) is 8.59. The maximum Gasteiger partial charge on any atom is 0.316 e. The fourth-order valence-electron chi connectivity index (χ4n) is 3.14. The molecule has 1 aromatic carbocycles. The number of hydrogen-bond acceptors (Lipinski definition) is 5. The number of aromatic nitrogens is 4. The van der Waals surface area contributed by atoms with Gasteiger partial charge in [0.25, 0.3) is 5.91 Å². The van der Waals surface area contributed by atoms with Gasteiger partial charge in [-0.3, -0.25) is 4.79 Å². The highest BCUT2D eigenvalue weighted by atomic mass is 19.1. The summed E-state index contributed by atoms with van der Waals surface area (Å²) in [5.74, 6) is -0.875. The molecule has 0 unspecified atom stereocenters. The van der Waals surface area contributed by atoms with E-state index in [2.05, 4.69) is 15.0 Å². The Morgan fingerprint density at radius 2 is 2.19 bits per heavy atom. The monoisotopic (exact) mass is 367 g/mol. The molecule has 0 bridgehead atoms. The predicted molar refractivity (Wildman–Crippen MR) is 94.7 cm³/mol. The van der Waals surface area contributed by atoms with Crippen LogP contribution in [0.5, 0.6) is 6.01 Å². The zero-order valence-electron chi connectivity index (χ0n) is 14.7. The molecule has 8 heteroatoms. The number of carbonyl (C=O) groups excluding carboxylic acids is 1. The van der Waals surface area contributed by atoms with Crippen LogP contribution in [0.3, 0.4) is 0 Å². The normalized spacial score (nSPS) is 16.1. The summed E-state index contributed by atoms with van der Waals surface area (Å²) in [5.41, 5.74) is 1.74. The molecule has 2 aromatic heterocycles. The zero-order chi connectivity index (χ0) is 18.8. The van der Waals surface area contributed by atoms with Gasteiger partial charge < -0.3 is 14.2 Å². The second-order valence-electron chi connectivity index (χ2n) is 6.40. The van der Waals surface area contributed by atoms with Crippen LogP contribution in [-0.2, 0) is 6.54 Å². The molecule has 0 saturated carbocycles. The molecule has 0 fully saturated rings. The first kappa shape index (κ1) is 17.1. The zero-order valence-corrected chi connectivity index (χ0v) is 14.7. The Hall–Kier alpha value is -3.29. The Bertz CT molecular complexity index is 974. The Morgan fingerprint density at radius 3 is 3.00 bits per heavy atom. The van der Waals surface area contributed by atoms with Gasteiger partial charge in [-0.2, -0.15) is 0 Å². The number of fused-ring (bicyclic) bond motifs is 1. The SMILES string of the molecule is Cc1ccnc(OC[C@@H]2CN(C(=O)c3ccccc3F)Cc3cncn32)n1. The number of imidazole rings is 1. The van der Waals surface area contributed by atoms with Crippen LogP contribution in [0.15, 0.2) is 49.1 Å². The van der Waals surface area contributed by atoms with Gasteiger partial charge in [-0.15, -0.1) is 0 Å². The summed E-state index contributed by atoms with van der Waals surface area (Å²) in [6.07, 6.45) is 5.05. The van der Waals surface area contributed by atoms with E-state index in [0.717, 1.165) is 11.4 Å². The van der Waals surface area contributed by atoms with Crippen LogP contribution >= 0.6 is 0 Å². The lowest BCUT2D eigenvalue weighted by Crippen LogP contribution is -2.42. The van der Waals surface area contributed by atoms with Gasteiger partial charge in [0.05, 0.1) is 30.2 Å². The van der Waals surface area contributed by atoms with E-state index in [-0.39, 0.29) is 30.1 Å². The third-order valence-electron chi connectivity index (χ3n) is 4.49. The molecular formula is C19H18FN5O2. The summed E-state index contributed by atoms with van der Waals surface area (Å²) in [7, 11) is 0. The van der Waals surface area contributed by atoms with E-state index in [1.807, 2.05) is 11.5 Å². The van der Waals surface area contributed by atoms with E-state index >= 15 is 0 Å². The molecule has 1 atom stereocenters. The minimum Gasteiger partial charge on any atom is -0.461 e. The van der Waals surface area contributed by atoms with Crippen molar-refractivity contribution in [3.8, 4) is 6.01 Å². The maximum atomic E-state index is 14.0. The fourth-order valence-corrected chi connectivity index (χ4v) is 3.14. The second-order valence-corrected chi connectivity index (χ2v) is 6.40. The lowest BCUT2D eigenvalue weighted by atomic mass is 10.1. The molecule has 1 aliphatic rings. The van der Waals surface area contributed by atoms with Crippen LogP contribution in [0.1, 0.15) is 27.8 Å². The summed E-state index contributed by atoms with van der Waals surface area (Å²) < 4.78 is 21.7. The number of benzene rings is 1.